The summed E-state index contributed by atoms with van der Waals surface area (Å²) in [5.41, 5.74) is 22.3. The molecule has 0 spiro atoms. The molecule has 0 bridgehead atoms. The first kappa shape index (κ1) is 43.3. The maximum atomic E-state index is 2.66. The fourth-order valence-corrected chi connectivity index (χ4v) is 13.4. The third-order valence-electron chi connectivity index (χ3n) is 15.9. The van der Waals surface area contributed by atoms with Crippen LogP contribution in [0.15, 0.2) is 182 Å². The molecule has 0 atom stereocenters. The minimum Gasteiger partial charge on any atom is -0.311 e. The van der Waals surface area contributed by atoms with Crippen LogP contribution in [0.3, 0.4) is 0 Å². The molecular weight excluding hydrogens is 892 g/mol. The summed E-state index contributed by atoms with van der Waals surface area (Å²) in [4.78, 5) is 7.76. The molecule has 2 aromatic heterocycles. The van der Waals surface area contributed by atoms with Crippen LogP contribution in [0.4, 0.5) is 51.2 Å². The molecule has 11 aromatic rings. The first-order valence-corrected chi connectivity index (χ1v) is 26.4. The van der Waals surface area contributed by atoms with Gasteiger partial charge in [-0.2, -0.15) is 0 Å². The molecule has 6 heteroatoms. The van der Waals surface area contributed by atoms with Gasteiger partial charge in [0, 0.05) is 65.1 Å². The molecule has 0 radical (unpaired) electrons. The van der Waals surface area contributed by atoms with Gasteiger partial charge in [0.2, 0.25) is 0 Å². The molecule has 0 fully saturated rings. The second-order valence-electron chi connectivity index (χ2n) is 23.4. The average molecular weight is 949 g/mol. The molecule has 0 saturated carbocycles. The van der Waals surface area contributed by atoms with Gasteiger partial charge >= 0.3 is 0 Å². The molecule has 0 unspecified atom stereocenters. The van der Waals surface area contributed by atoms with Crippen LogP contribution in [0.25, 0.3) is 47.7 Å². The predicted octanol–water partition coefficient (Wildman–Crippen LogP) is 16.9. The van der Waals surface area contributed by atoms with E-state index in [1.165, 1.54) is 115 Å². The zero-order valence-electron chi connectivity index (χ0n) is 42.6. The number of nitrogens with zero attached hydrogens (tertiary/aromatic N) is 4. The molecule has 3 aliphatic rings. The molecule has 72 heavy (non-hydrogen) atoms. The molecule has 5 heterocycles. The topological polar surface area (TPSA) is 14.7 Å². The van der Waals surface area contributed by atoms with E-state index in [1.807, 2.05) is 11.3 Å². The first-order chi connectivity index (χ1) is 34.6. The summed E-state index contributed by atoms with van der Waals surface area (Å²) >= 11 is 1.89. The highest BCUT2D eigenvalue weighted by Crippen LogP contribution is 2.54. The average Bonchev–Trinajstić information content (AvgIpc) is 3.92. The van der Waals surface area contributed by atoms with Crippen molar-refractivity contribution in [1.82, 2.24) is 4.57 Å². The van der Waals surface area contributed by atoms with Crippen molar-refractivity contribution in [2.24, 2.45) is 0 Å². The molecule has 0 N–H and O–H groups in total. The summed E-state index contributed by atoms with van der Waals surface area (Å²) < 4.78 is 5.14. The summed E-state index contributed by atoms with van der Waals surface area (Å²) in [6.45, 7) is 20.8. The van der Waals surface area contributed by atoms with Crippen LogP contribution in [-0.2, 0) is 16.2 Å². The quantitative estimate of drug-likeness (QED) is 0.163. The van der Waals surface area contributed by atoms with Crippen LogP contribution in [-0.4, -0.2) is 11.3 Å². The smallest absolute Gasteiger partial charge is 0.252 e. The normalized spacial score (nSPS) is 13.8. The van der Waals surface area contributed by atoms with Gasteiger partial charge in [0.1, 0.15) is 0 Å². The van der Waals surface area contributed by atoms with Gasteiger partial charge in [-0.1, -0.05) is 159 Å². The Labute approximate surface area is 427 Å². The van der Waals surface area contributed by atoms with Crippen molar-refractivity contribution in [3.05, 3.63) is 199 Å². The summed E-state index contributed by atoms with van der Waals surface area (Å²) in [5.74, 6) is 0. The number of benzene rings is 9. The Morgan fingerprint density at radius 1 is 0.403 bits per heavy atom. The van der Waals surface area contributed by atoms with Crippen molar-refractivity contribution in [1.29, 1.82) is 0 Å². The van der Waals surface area contributed by atoms with Crippen LogP contribution in [0.5, 0.6) is 0 Å². The molecule has 4 nitrogen and oxygen atoms in total. The maximum Gasteiger partial charge on any atom is 0.252 e. The lowest BCUT2D eigenvalue weighted by molar-refractivity contribution is 0.590. The second-order valence-corrected chi connectivity index (χ2v) is 24.5. The van der Waals surface area contributed by atoms with Crippen molar-refractivity contribution in [3.8, 4) is 5.69 Å². The summed E-state index contributed by atoms with van der Waals surface area (Å²) in [5, 5.41) is 5.14. The Kier molecular flexibility index (Phi) is 9.02. The number of aromatic nitrogens is 1. The molecule has 350 valence electrons. The SMILES string of the molecule is CC(C)(C)c1ccc(N(c2ccc(C(C)(C)C)cc2)c2ccc3c(c2)N(c2cccc4sc5ccccc5c24)c2cc(C(C)(C)C)cc4c2B3c2cccc3c2N4c2cccc4c5ccccc5n-3c24)cc1. The van der Waals surface area contributed by atoms with Gasteiger partial charge in [0.05, 0.1) is 33.8 Å². The molecular formula is C66H57BN4S. The van der Waals surface area contributed by atoms with Crippen molar-refractivity contribution in [3.63, 3.8) is 0 Å². The Morgan fingerprint density at radius 3 is 1.65 bits per heavy atom. The molecule has 14 rings (SSSR count). The Bertz CT molecular complexity index is 4010. The van der Waals surface area contributed by atoms with Gasteiger partial charge in [-0.25, -0.2) is 0 Å². The monoisotopic (exact) mass is 948 g/mol. The predicted molar refractivity (Wildman–Crippen MR) is 312 cm³/mol. The van der Waals surface area contributed by atoms with Crippen LogP contribution in [0.2, 0.25) is 0 Å². The fourth-order valence-electron chi connectivity index (χ4n) is 12.3. The molecule has 3 aliphatic heterocycles. The lowest BCUT2D eigenvalue weighted by atomic mass is 9.33. The number of rotatable bonds is 4. The standard InChI is InChI=1S/C66H57BN4S/c1-64(2,3)40-27-31-43(32-28-40)68(44-33-29-41(30-34-44)65(4,5)6)45-35-36-49-55(39-45)69(52-22-16-26-59-60(52)48-18-11-13-25-58(48)72-59)56-37-42(66(7,8)9)38-57-61(56)67(49)50-20-15-24-54-63(50)71(57)53-23-14-19-47-46-17-10-12-21-51(46)70(54)62(47)53/h10-39H,1-9H3. The molecule has 9 aromatic carbocycles. The van der Waals surface area contributed by atoms with E-state index < -0.39 is 0 Å². The van der Waals surface area contributed by atoms with Crippen LogP contribution < -0.4 is 31.1 Å². The third kappa shape index (κ3) is 6.18. The highest BCUT2D eigenvalue weighted by atomic mass is 32.1. The lowest BCUT2D eigenvalue weighted by Crippen LogP contribution is -2.62. The van der Waals surface area contributed by atoms with Gasteiger partial charge in [0.25, 0.3) is 6.71 Å². The van der Waals surface area contributed by atoms with E-state index in [9.17, 15) is 0 Å². The lowest BCUT2D eigenvalue weighted by Gasteiger charge is -2.47. The second kappa shape index (κ2) is 15.0. The highest BCUT2D eigenvalue weighted by Gasteiger charge is 2.47. The Balaban J connectivity index is 1.10. The summed E-state index contributed by atoms with van der Waals surface area (Å²) in [7, 11) is 0. The Morgan fingerprint density at radius 2 is 0.958 bits per heavy atom. The fraction of sp³-hybridized carbons (Fsp3) is 0.182. The van der Waals surface area contributed by atoms with Crippen molar-refractivity contribution in [2.75, 3.05) is 14.7 Å². The zero-order valence-corrected chi connectivity index (χ0v) is 43.4. The number of para-hydroxylation sites is 3. The van der Waals surface area contributed by atoms with E-state index in [0.29, 0.717) is 0 Å². The van der Waals surface area contributed by atoms with Gasteiger partial charge in [0.15, 0.2) is 0 Å². The van der Waals surface area contributed by atoms with E-state index in [4.69, 9.17) is 0 Å². The minimum absolute atomic E-state index is 0.0315. The zero-order chi connectivity index (χ0) is 49.2. The highest BCUT2D eigenvalue weighted by molar-refractivity contribution is 7.26. The van der Waals surface area contributed by atoms with Crippen molar-refractivity contribution >= 4 is 128 Å². The van der Waals surface area contributed by atoms with E-state index in [-0.39, 0.29) is 23.0 Å². The van der Waals surface area contributed by atoms with Crippen LogP contribution >= 0.6 is 11.3 Å². The van der Waals surface area contributed by atoms with Gasteiger partial charge < -0.3 is 19.3 Å². The number of hydrogen-bond acceptors (Lipinski definition) is 4. The third-order valence-corrected chi connectivity index (χ3v) is 17.1. The van der Waals surface area contributed by atoms with E-state index in [0.717, 1.165) is 17.1 Å². The number of thiophene rings is 1. The molecule has 0 aliphatic carbocycles. The first-order valence-electron chi connectivity index (χ1n) is 25.6. The maximum absolute atomic E-state index is 2.66. The van der Waals surface area contributed by atoms with E-state index in [1.54, 1.807) is 0 Å². The van der Waals surface area contributed by atoms with Crippen molar-refractivity contribution < 1.29 is 0 Å². The van der Waals surface area contributed by atoms with Crippen molar-refractivity contribution in [2.45, 2.75) is 78.6 Å². The largest absolute Gasteiger partial charge is 0.311 e. The molecule has 0 amide bonds. The number of hydrogen-bond donors (Lipinski definition) is 0. The van der Waals surface area contributed by atoms with Gasteiger partial charge in [-0.3, -0.25) is 0 Å². The number of anilines is 9. The molecule has 0 saturated heterocycles. The van der Waals surface area contributed by atoms with Crippen LogP contribution in [0.1, 0.15) is 79.0 Å². The minimum atomic E-state index is -0.151. The summed E-state index contributed by atoms with van der Waals surface area (Å²) in [6, 6.07) is 69.8. The number of fused-ring (bicyclic) bond motifs is 12. The van der Waals surface area contributed by atoms with E-state index >= 15 is 0 Å². The van der Waals surface area contributed by atoms with E-state index in [2.05, 4.69) is 264 Å². The van der Waals surface area contributed by atoms with Gasteiger partial charge in [-0.15, -0.1) is 11.3 Å². The Hall–Kier alpha value is -7.54. The van der Waals surface area contributed by atoms with Gasteiger partial charge in [-0.05, 0) is 134 Å². The van der Waals surface area contributed by atoms with Crippen LogP contribution in [0, 0.1) is 0 Å². The summed E-state index contributed by atoms with van der Waals surface area (Å²) in [6.07, 6.45) is 0.